The summed E-state index contributed by atoms with van der Waals surface area (Å²) in [7, 11) is 0. The highest BCUT2D eigenvalue weighted by molar-refractivity contribution is 7.10. The van der Waals surface area contributed by atoms with Gasteiger partial charge >= 0.3 is 0 Å². The number of thiophene rings is 1. The third-order valence-electron chi connectivity index (χ3n) is 3.60. The third-order valence-corrected chi connectivity index (χ3v) is 4.66. The van der Waals surface area contributed by atoms with Gasteiger partial charge in [0.25, 0.3) is 0 Å². The second-order valence-corrected chi connectivity index (χ2v) is 5.62. The van der Waals surface area contributed by atoms with E-state index in [0.29, 0.717) is 11.8 Å². The van der Waals surface area contributed by atoms with Crippen molar-refractivity contribution in [2.75, 3.05) is 6.61 Å². The van der Waals surface area contributed by atoms with Gasteiger partial charge in [0, 0.05) is 11.5 Å². The smallest absolute Gasteiger partial charge is 0.0990 e. The maximum atomic E-state index is 10.5. The molecular weight excluding hydrogens is 208 g/mol. The Morgan fingerprint density at radius 3 is 3.07 bits per heavy atom. The normalized spacial score (nSPS) is 33.1. The molecule has 15 heavy (non-hydrogen) atoms. The standard InChI is InChI=1S/C12H18O2S/c1-9(8-13)10-4-5-12(14,7-10)11-3-2-6-15-11/h2-3,6,9-10,13-14H,4-5,7-8H2,1H3/t9-,10+,12-/m0/s1. The van der Waals surface area contributed by atoms with Crippen LogP contribution in [-0.4, -0.2) is 16.8 Å². The van der Waals surface area contributed by atoms with E-state index in [-0.39, 0.29) is 6.61 Å². The molecule has 0 radical (unpaired) electrons. The van der Waals surface area contributed by atoms with Gasteiger partial charge in [-0.05, 0) is 42.5 Å². The van der Waals surface area contributed by atoms with Gasteiger partial charge in [-0.3, -0.25) is 0 Å². The van der Waals surface area contributed by atoms with Gasteiger partial charge in [0.15, 0.2) is 0 Å². The second kappa shape index (κ2) is 4.24. The highest BCUT2D eigenvalue weighted by Crippen LogP contribution is 2.46. The highest BCUT2D eigenvalue weighted by atomic mass is 32.1. The summed E-state index contributed by atoms with van der Waals surface area (Å²) >= 11 is 1.63. The fraction of sp³-hybridized carbons (Fsp3) is 0.667. The van der Waals surface area contributed by atoms with Crippen LogP contribution in [0.4, 0.5) is 0 Å². The molecule has 1 heterocycles. The first-order valence-corrected chi connectivity index (χ1v) is 6.41. The van der Waals surface area contributed by atoms with Gasteiger partial charge in [0.1, 0.15) is 0 Å². The molecule has 3 heteroatoms. The summed E-state index contributed by atoms with van der Waals surface area (Å²) < 4.78 is 0. The van der Waals surface area contributed by atoms with Crippen molar-refractivity contribution in [1.29, 1.82) is 0 Å². The third kappa shape index (κ3) is 2.10. The van der Waals surface area contributed by atoms with Gasteiger partial charge in [-0.1, -0.05) is 13.0 Å². The van der Waals surface area contributed by atoms with Crippen LogP contribution in [0.25, 0.3) is 0 Å². The van der Waals surface area contributed by atoms with E-state index in [0.717, 1.165) is 24.1 Å². The minimum Gasteiger partial charge on any atom is -0.396 e. The maximum absolute atomic E-state index is 10.5. The Kier molecular flexibility index (Phi) is 3.14. The van der Waals surface area contributed by atoms with Crippen molar-refractivity contribution in [2.24, 2.45) is 11.8 Å². The lowest BCUT2D eigenvalue weighted by Gasteiger charge is -2.22. The lowest BCUT2D eigenvalue weighted by atomic mass is 9.90. The van der Waals surface area contributed by atoms with Crippen LogP contribution in [0, 0.1) is 11.8 Å². The first-order chi connectivity index (χ1) is 7.15. The highest BCUT2D eigenvalue weighted by Gasteiger charge is 2.40. The van der Waals surface area contributed by atoms with Gasteiger partial charge in [-0.15, -0.1) is 11.3 Å². The predicted octanol–water partition coefficient (Wildman–Crippen LogP) is 2.36. The summed E-state index contributed by atoms with van der Waals surface area (Å²) in [5.74, 6) is 0.765. The van der Waals surface area contributed by atoms with Crippen molar-refractivity contribution < 1.29 is 10.2 Å². The Morgan fingerprint density at radius 2 is 2.47 bits per heavy atom. The molecule has 2 nitrogen and oxygen atoms in total. The SMILES string of the molecule is C[C@@H](CO)[C@@H]1CC[C@@](O)(c2cccs2)C1. The summed E-state index contributed by atoms with van der Waals surface area (Å²) in [6.07, 6.45) is 2.66. The first-order valence-electron chi connectivity index (χ1n) is 5.53. The van der Waals surface area contributed by atoms with Gasteiger partial charge < -0.3 is 10.2 Å². The van der Waals surface area contributed by atoms with Gasteiger partial charge in [-0.25, -0.2) is 0 Å². The Morgan fingerprint density at radius 1 is 1.67 bits per heavy atom. The van der Waals surface area contributed by atoms with Crippen molar-refractivity contribution in [3.8, 4) is 0 Å². The number of aliphatic hydroxyl groups excluding tert-OH is 1. The fourth-order valence-corrected chi connectivity index (χ4v) is 3.33. The Hall–Kier alpha value is -0.380. The first kappa shape index (κ1) is 11.1. The number of aliphatic hydroxyl groups is 2. The minimum atomic E-state index is -0.623. The predicted molar refractivity (Wildman–Crippen MR) is 61.8 cm³/mol. The van der Waals surface area contributed by atoms with E-state index in [9.17, 15) is 5.11 Å². The molecule has 0 amide bonds. The van der Waals surface area contributed by atoms with Crippen LogP contribution in [0.1, 0.15) is 31.1 Å². The van der Waals surface area contributed by atoms with E-state index >= 15 is 0 Å². The van der Waals surface area contributed by atoms with Crippen molar-refractivity contribution in [3.63, 3.8) is 0 Å². The van der Waals surface area contributed by atoms with Crippen molar-refractivity contribution in [1.82, 2.24) is 0 Å². The van der Waals surface area contributed by atoms with Crippen LogP contribution in [0.5, 0.6) is 0 Å². The minimum absolute atomic E-state index is 0.227. The molecule has 0 spiro atoms. The lowest BCUT2D eigenvalue weighted by Crippen LogP contribution is -2.22. The average Bonchev–Trinajstić information content (AvgIpc) is 2.85. The van der Waals surface area contributed by atoms with E-state index in [2.05, 4.69) is 6.92 Å². The molecule has 0 aliphatic heterocycles. The van der Waals surface area contributed by atoms with Crippen LogP contribution < -0.4 is 0 Å². The summed E-state index contributed by atoms with van der Waals surface area (Å²) in [6.45, 7) is 2.29. The van der Waals surface area contributed by atoms with Crippen molar-refractivity contribution >= 4 is 11.3 Å². The largest absolute Gasteiger partial charge is 0.396 e. The lowest BCUT2D eigenvalue weighted by molar-refractivity contribution is 0.0385. The van der Waals surface area contributed by atoms with Gasteiger partial charge in [-0.2, -0.15) is 0 Å². The summed E-state index contributed by atoms with van der Waals surface area (Å²) in [4.78, 5) is 1.08. The molecule has 84 valence electrons. The molecule has 0 unspecified atom stereocenters. The van der Waals surface area contributed by atoms with Crippen LogP contribution >= 0.6 is 11.3 Å². The summed E-state index contributed by atoms with van der Waals surface area (Å²) in [5, 5.41) is 21.6. The molecule has 0 aromatic carbocycles. The van der Waals surface area contributed by atoms with E-state index in [1.54, 1.807) is 11.3 Å². The zero-order valence-electron chi connectivity index (χ0n) is 9.02. The maximum Gasteiger partial charge on any atom is 0.0990 e. The molecule has 1 aromatic heterocycles. The molecule has 2 rings (SSSR count). The number of hydrogen-bond acceptors (Lipinski definition) is 3. The number of rotatable bonds is 3. The quantitative estimate of drug-likeness (QED) is 0.830. The van der Waals surface area contributed by atoms with Gasteiger partial charge in [0.2, 0.25) is 0 Å². The molecule has 1 aromatic rings. The monoisotopic (exact) mass is 226 g/mol. The van der Waals surface area contributed by atoms with Crippen LogP contribution in [0.3, 0.4) is 0 Å². The topological polar surface area (TPSA) is 40.5 Å². The Labute approximate surface area is 94.6 Å². The molecule has 0 saturated heterocycles. The van der Waals surface area contributed by atoms with Crippen molar-refractivity contribution in [3.05, 3.63) is 22.4 Å². The van der Waals surface area contributed by atoms with E-state index in [4.69, 9.17) is 5.11 Å². The van der Waals surface area contributed by atoms with E-state index in [1.165, 1.54) is 0 Å². The second-order valence-electron chi connectivity index (χ2n) is 4.67. The molecule has 2 N–H and O–H groups in total. The number of hydrogen-bond donors (Lipinski definition) is 2. The van der Waals surface area contributed by atoms with Crippen LogP contribution in [0.15, 0.2) is 17.5 Å². The summed E-state index contributed by atoms with van der Waals surface area (Å²) in [6, 6.07) is 4.00. The zero-order chi connectivity index (χ0) is 10.9. The molecule has 1 aliphatic rings. The Balaban J connectivity index is 2.08. The molecule has 1 fully saturated rings. The van der Waals surface area contributed by atoms with E-state index in [1.807, 2.05) is 17.5 Å². The average molecular weight is 226 g/mol. The molecule has 0 bridgehead atoms. The fourth-order valence-electron chi connectivity index (χ4n) is 2.46. The van der Waals surface area contributed by atoms with Gasteiger partial charge in [0.05, 0.1) is 5.60 Å². The molecule has 1 saturated carbocycles. The summed E-state index contributed by atoms with van der Waals surface area (Å²) in [5.41, 5.74) is -0.623. The van der Waals surface area contributed by atoms with Crippen molar-refractivity contribution in [2.45, 2.75) is 31.8 Å². The Bertz CT molecular complexity index is 309. The zero-order valence-corrected chi connectivity index (χ0v) is 9.83. The molecule has 3 atom stereocenters. The van der Waals surface area contributed by atoms with Crippen LogP contribution in [-0.2, 0) is 5.60 Å². The van der Waals surface area contributed by atoms with Crippen LogP contribution in [0.2, 0.25) is 0 Å². The molecular formula is C12H18O2S. The molecule has 1 aliphatic carbocycles. The van der Waals surface area contributed by atoms with E-state index < -0.39 is 5.60 Å².